The molecule has 18 heavy (non-hydrogen) atoms. The first-order valence-electron chi connectivity index (χ1n) is 5.72. The fourth-order valence-electron chi connectivity index (χ4n) is 2.02. The van der Waals surface area contributed by atoms with Crippen molar-refractivity contribution in [2.45, 2.75) is 5.37 Å². The second-order valence-electron chi connectivity index (χ2n) is 4.10. The van der Waals surface area contributed by atoms with Gasteiger partial charge in [0.2, 0.25) is 6.41 Å². The van der Waals surface area contributed by atoms with Gasteiger partial charge in [-0.3, -0.25) is 4.79 Å². The standard InChI is InChI=1S/C13H13N3OS/c17-8-14-6-11-7-16-13(18-11)10-1-2-12-9(5-10)3-4-15-12/h1-5,7-8,13,15-16H,6H2,(H,14,17). The van der Waals surface area contributed by atoms with Crippen LogP contribution in [-0.4, -0.2) is 17.9 Å². The molecule has 0 saturated heterocycles. The maximum Gasteiger partial charge on any atom is 0.207 e. The van der Waals surface area contributed by atoms with Crippen molar-refractivity contribution >= 4 is 29.1 Å². The van der Waals surface area contributed by atoms with E-state index in [1.807, 2.05) is 12.4 Å². The van der Waals surface area contributed by atoms with Crippen molar-refractivity contribution in [3.05, 3.63) is 47.1 Å². The van der Waals surface area contributed by atoms with E-state index in [9.17, 15) is 4.79 Å². The molecule has 0 spiro atoms. The predicted octanol–water partition coefficient (Wildman–Crippen LogP) is 2.09. The molecule has 0 bridgehead atoms. The molecule has 2 aromatic rings. The van der Waals surface area contributed by atoms with Gasteiger partial charge in [-0.15, -0.1) is 0 Å². The number of amides is 1. The largest absolute Gasteiger partial charge is 0.374 e. The Morgan fingerprint density at radius 3 is 3.22 bits per heavy atom. The highest BCUT2D eigenvalue weighted by atomic mass is 32.2. The van der Waals surface area contributed by atoms with Crippen LogP contribution >= 0.6 is 11.8 Å². The summed E-state index contributed by atoms with van der Waals surface area (Å²) in [7, 11) is 0. The number of fused-ring (bicyclic) bond motifs is 1. The monoisotopic (exact) mass is 259 g/mol. The number of thioether (sulfide) groups is 1. The topological polar surface area (TPSA) is 56.9 Å². The molecule has 2 heterocycles. The SMILES string of the molecule is O=CNCC1=CNC(c2ccc3[nH]ccc3c2)S1. The van der Waals surface area contributed by atoms with Gasteiger partial charge in [-0.25, -0.2) is 0 Å². The lowest BCUT2D eigenvalue weighted by molar-refractivity contribution is -0.109. The molecule has 1 aliphatic rings. The smallest absolute Gasteiger partial charge is 0.207 e. The van der Waals surface area contributed by atoms with Gasteiger partial charge in [0.05, 0.1) is 0 Å². The van der Waals surface area contributed by atoms with Gasteiger partial charge in [0, 0.05) is 29.4 Å². The van der Waals surface area contributed by atoms with Crippen LogP contribution in [0.25, 0.3) is 10.9 Å². The lowest BCUT2D eigenvalue weighted by atomic mass is 10.1. The van der Waals surface area contributed by atoms with Crippen molar-refractivity contribution in [2.75, 3.05) is 6.54 Å². The van der Waals surface area contributed by atoms with E-state index in [1.165, 1.54) is 10.9 Å². The molecule has 1 aromatic heterocycles. The van der Waals surface area contributed by atoms with E-state index in [1.54, 1.807) is 11.8 Å². The van der Waals surface area contributed by atoms with Gasteiger partial charge in [0.1, 0.15) is 5.37 Å². The maximum absolute atomic E-state index is 10.3. The third kappa shape index (κ3) is 2.09. The van der Waals surface area contributed by atoms with Gasteiger partial charge in [-0.2, -0.15) is 0 Å². The van der Waals surface area contributed by atoms with Crippen LogP contribution in [0.15, 0.2) is 41.6 Å². The van der Waals surface area contributed by atoms with Crippen molar-refractivity contribution in [3.63, 3.8) is 0 Å². The summed E-state index contributed by atoms with van der Waals surface area (Å²) in [5.74, 6) is 0. The third-order valence-electron chi connectivity index (χ3n) is 2.90. The molecule has 1 amide bonds. The summed E-state index contributed by atoms with van der Waals surface area (Å²) in [6, 6.07) is 8.46. The molecule has 3 N–H and O–H groups in total. The highest BCUT2D eigenvalue weighted by Crippen LogP contribution is 2.37. The zero-order valence-electron chi connectivity index (χ0n) is 9.64. The zero-order chi connectivity index (χ0) is 12.4. The molecule has 0 fully saturated rings. The van der Waals surface area contributed by atoms with Crippen LogP contribution in [0.1, 0.15) is 10.9 Å². The fraction of sp³-hybridized carbons (Fsp3) is 0.154. The van der Waals surface area contributed by atoms with Crippen LogP contribution in [0.4, 0.5) is 0 Å². The second-order valence-corrected chi connectivity index (χ2v) is 5.33. The Kier molecular flexibility index (Phi) is 2.98. The zero-order valence-corrected chi connectivity index (χ0v) is 10.5. The number of aromatic nitrogens is 1. The molecule has 1 aliphatic heterocycles. The van der Waals surface area contributed by atoms with Gasteiger partial charge >= 0.3 is 0 Å². The van der Waals surface area contributed by atoms with Gasteiger partial charge in [-0.1, -0.05) is 17.8 Å². The van der Waals surface area contributed by atoms with E-state index < -0.39 is 0 Å². The lowest BCUT2D eigenvalue weighted by Crippen LogP contribution is -2.12. The highest BCUT2D eigenvalue weighted by Gasteiger charge is 2.18. The van der Waals surface area contributed by atoms with Gasteiger partial charge in [-0.05, 0) is 29.1 Å². The summed E-state index contributed by atoms with van der Waals surface area (Å²) in [5.41, 5.74) is 2.39. The number of H-pyrrole nitrogens is 1. The summed E-state index contributed by atoms with van der Waals surface area (Å²) in [5, 5.41) is 7.44. The van der Waals surface area contributed by atoms with Crippen LogP contribution in [0.3, 0.4) is 0 Å². The minimum absolute atomic E-state index is 0.229. The van der Waals surface area contributed by atoms with Gasteiger partial charge in [0.25, 0.3) is 0 Å². The summed E-state index contributed by atoms with van der Waals surface area (Å²) in [6.07, 6.45) is 4.63. The fourth-order valence-corrected chi connectivity index (χ4v) is 3.05. The Hall–Kier alpha value is -1.88. The van der Waals surface area contributed by atoms with Crippen molar-refractivity contribution < 1.29 is 4.79 Å². The predicted molar refractivity (Wildman–Crippen MR) is 73.9 cm³/mol. The van der Waals surface area contributed by atoms with E-state index >= 15 is 0 Å². The van der Waals surface area contributed by atoms with Gasteiger partial charge < -0.3 is 15.6 Å². The number of rotatable bonds is 4. The Morgan fingerprint density at radius 1 is 1.39 bits per heavy atom. The number of aromatic amines is 1. The molecule has 1 unspecified atom stereocenters. The first-order chi connectivity index (χ1) is 8.86. The number of hydrogen-bond acceptors (Lipinski definition) is 3. The van der Waals surface area contributed by atoms with Crippen molar-refractivity contribution in [3.8, 4) is 0 Å². The Labute approximate surface area is 109 Å². The van der Waals surface area contributed by atoms with E-state index in [0.717, 1.165) is 16.8 Å². The summed E-state index contributed by atoms with van der Waals surface area (Å²) >= 11 is 1.73. The molecular weight excluding hydrogens is 246 g/mol. The van der Waals surface area contributed by atoms with Crippen LogP contribution in [0.5, 0.6) is 0 Å². The van der Waals surface area contributed by atoms with Crippen molar-refractivity contribution in [2.24, 2.45) is 0 Å². The molecule has 5 heteroatoms. The van der Waals surface area contributed by atoms with E-state index in [4.69, 9.17) is 0 Å². The van der Waals surface area contributed by atoms with E-state index in [2.05, 4.69) is 39.9 Å². The minimum Gasteiger partial charge on any atom is -0.374 e. The number of carbonyl (C=O) groups excluding carboxylic acids is 1. The molecule has 4 nitrogen and oxygen atoms in total. The van der Waals surface area contributed by atoms with Crippen molar-refractivity contribution in [1.82, 2.24) is 15.6 Å². The molecule has 1 aromatic carbocycles. The average molecular weight is 259 g/mol. The molecule has 1 atom stereocenters. The van der Waals surface area contributed by atoms with Crippen LogP contribution in [0, 0.1) is 0 Å². The maximum atomic E-state index is 10.3. The van der Waals surface area contributed by atoms with Crippen molar-refractivity contribution in [1.29, 1.82) is 0 Å². The normalized spacial score (nSPS) is 18.4. The Balaban J connectivity index is 1.74. The summed E-state index contributed by atoms with van der Waals surface area (Å²) < 4.78 is 0. The van der Waals surface area contributed by atoms with Crippen LogP contribution < -0.4 is 10.6 Å². The Morgan fingerprint density at radius 2 is 2.33 bits per heavy atom. The first kappa shape index (κ1) is 11.2. The number of carbonyl (C=O) groups is 1. The third-order valence-corrected chi connectivity index (χ3v) is 4.11. The molecule has 0 radical (unpaired) electrons. The Bertz CT molecular complexity index is 605. The number of benzene rings is 1. The molecular formula is C13H13N3OS. The van der Waals surface area contributed by atoms with E-state index in [0.29, 0.717) is 6.54 Å². The molecule has 0 aliphatic carbocycles. The summed E-state index contributed by atoms with van der Waals surface area (Å²) in [4.78, 5) is 14.6. The number of nitrogens with one attached hydrogen (secondary N) is 3. The molecule has 3 rings (SSSR count). The quantitative estimate of drug-likeness (QED) is 0.737. The molecule has 92 valence electrons. The lowest BCUT2D eigenvalue weighted by Gasteiger charge is -2.11. The second kappa shape index (κ2) is 4.78. The highest BCUT2D eigenvalue weighted by molar-refractivity contribution is 8.03. The average Bonchev–Trinajstić information content (AvgIpc) is 3.04. The summed E-state index contributed by atoms with van der Waals surface area (Å²) in [6.45, 7) is 0.587. The van der Waals surface area contributed by atoms with Crippen LogP contribution in [0.2, 0.25) is 0 Å². The first-order valence-corrected chi connectivity index (χ1v) is 6.60. The van der Waals surface area contributed by atoms with Crippen LogP contribution in [-0.2, 0) is 4.79 Å². The van der Waals surface area contributed by atoms with Gasteiger partial charge in [0.15, 0.2) is 0 Å². The van der Waals surface area contributed by atoms with E-state index in [-0.39, 0.29) is 5.37 Å². The molecule has 0 saturated carbocycles. The number of hydrogen-bond donors (Lipinski definition) is 3. The minimum atomic E-state index is 0.229.